The fourth-order valence-corrected chi connectivity index (χ4v) is 4.35. The van der Waals surface area contributed by atoms with Gasteiger partial charge in [-0.3, -0.25) is 0 Å². The Morgan fingerprint density at radius 1 is 0.279 bits per heavy atom. The first-order valence-corrected chi connectivity index (χ1v) is 13.8. The molecule has 0 aliphatic heterocycles. The Balaban J connectivity index is 0.988. The van der Waals surface area contributed by atoms with Crippen molar-refractivity contribution < 1.29 is 18.9 Å². The van der Waals surface area contributed by atoms with Gasteiger partial charge in [0.05, 0.1) is 0 Å². The Morgan fingerprint density at radius 3 is 0.698 bits per heavy atom. The van der Waals surface area contributed by atoms with Crippen LogP contribution >= 0.6 is 0 Å². The molecule has 212 valence electrons. The van der Waals surface area contributed by atoms with E-state index in [9.17, 15) is 0 Å². The smallest absolute Gasteiger partial charge is 0.127 e. The number of rotatable bonds is 10. The van der Waals surface area contributed by atoms with Gasteiger partial charge < -0.3 is 30.4 Å². The summed E-state index contributed by atoms with van der Waals surface area (Å²) in [6.07, 6.45) is 0.800. The zero-order valence-electron chi connectivity index (χ0n) is 23.4. The number of nitrogens with two attached hydrogens (primary N) is 2. The highest BCUT2D eigenvalue weighted by Crippen LogP contribution is 2.29. The van der Waals surface area contributed by atoms with Gasteiger partial charge in [0.15, 0.2) is 0 Å². The van der Waals surface area contributed by atoms with Gasteiger partial charge in [0.2, 0.25) is 0 Å². The van der Waals surface area contributed by atoms with Crippen LogP contribution in [0.15, 0.2) is 146 Å². The summed E-state index contributed by atoms with van der Waals surface area (Å²) >= 11 is 0. The molecule has 0 heterocycles. The normalized spacial score (nSPS) is 10.6. The van der Waals surface area contributed by atoms with E-state index < -0.39 is 0 Å². The number of ether oxygens (including phenoxy) is 4. The number of hydrogen-bond acceptors (Lipinski definition) is 6. The fourth-order valence-electron chi connectivity index (χ4n) is 4.35. The number of benzene rings is 6. The molecule has 0 radical (unpaired) electrons. The number of hydrogen-bond donors (Lipinski definition) is 2. The van der Waals surface area contributed by atoms with E-state index in [0.29, 0.717) is 11.4 Å². The summed E-state index contributed by atoms with van der Waals surface area (Å²) < 4.78 is 23.7. The predicted octanol–water partition coefficient (Wildman–Crippen LogP) is 9.61. The lowest BCUT2D eigenvalue weighted by Crippen LogP contribution is -1.91. The predicted molar refractivity (Wildman–Crippen MR) is 171 cm³/mol. The second kappa shape index (κ2) is 12.7. The van der Waals surface area contributed by atoms with Gasteiger partial charge >= 0.3 is 0 Å². The van der Waals surface area contributed by atoms with Crippen molar-refractivity contribution in [2.24, 2.45) is 0 Å². The second-order valence-electron chi connectivity index (χ2n) is 9.95. The van der Waals surface area contributed by atoms with Crippen molar-refractivity contribution in [1.29, 1.82) is 0 Å². The number of anilines is 2. The van der Waals surface area contributed by atoms with E-state index in [0.717, 1.165) is 52.4 Å². The van der Waals surface area contributed by atoms with Crippen LogP contribution in [0.3, 0.4) is 0 Å². The third kappa shape index (κ3) is 7.65. The van der Waals surface area contributed by atoms with Crippen LogP contribution in [0.1, 0.15) is 11.1 Å². The summed E-state index contributed by atoms with van der Waals surface area (Å²) in [4.78, 5) is 0. The molecule has 43 heavy (non-hydrogen) atoms. The van der Waals surface area contributed by atoms with E-state index in [2.05, 4.69) is 24.3 Å². The van der Waals surface area contributed by atoms with E-state index in [1.165, 1.54) is 11.1 Å². The molecule has 0 saturated carbocycles. The standard InChI is InChI=1S/C37H30N2O4/c38-28-5-13-32(14-6-28)42-36-21-17-34(18-22-36)40-30-9-1-26(2-10-30)25-27-3-11-31(12-4-27)41-35-19-23-37(24-20-35)43-33-15-7-29(39)8-16-33/h1-24H,25,38-39H2. The molecule has 0 saturated heterocycles. The SMILES string of the molecule is Nc1ccc(Oc2ccc(Oc3ccc(Cc4ccc(Oc5ccc(Oc6ccc(N)cc6)cc5)cc4)cc3)cc2)cc1. The van der Waals surface area contributed by atoms with Gasteiger partial charge in [0.1, 0.15) is 46.0 Å². The monoisotopic (exact) mass is 566 g/mol. The Labute approximate surface area is 250 Å². The molecule has 0 atom stereocenters. The minimum atomic E-state index is 0.700. The molecule has 4 N–H and O–H groups in total. The summed E-state index contributed by atoms with van der Waals surface area (Å²) in [7, 11) is 0. The average molecular weight is 567 g/mol. The maximum atomic E-state index is 6.02. The summed E-state index contributed by atoms with van der Waals surface area (Å²) in [6, 6.07) is 45.8. The second-order valence-corrected chi connectivity index (χ2v) is 9.95. The minimum absolute atomic E-state index is 0.700. The van der Waals surface area contributed by atoms with Crippen LogP contribution in [0.25, 0.3) is 0 Å². The Bertz CT molecular complexity index is 1620. The van der Waals surface area contributed by atoms with Crippen LogP contribution in [0.5, 0.6) is 46.0 Å². The van der Waals surface area contributed by atoms with Gasteiger partial charge in [0.25, 0.3) is 0 Å². The van der Waals surface area contributed by atoms with Crippen molar-refractivity contribution in [3.63, 3.8) is 0 Å². The number of nitrogen functional groups attached to an aromatic ring is 2. The molecular weight excluding hydrogens is 536 g/mol. The molecule has 6 heteroatoms. The van der Waals surface area contributed by atoms with Gasteiger partial charge in [-0.05, 0) is 139 Å². The van der Waals surface area contributed by atoms with Crippen molar-refractivity contribution in [3.05, 3.63) is 157 Å². The molecule has 0 unspecified atom stereocenters. The molecule has 0 fully saturated rings. The van der Waals surface area contributed by atoms with Gasteiger partial charge in [-0.25, -0.2) is 0 Å². The third-order valence-corrected chi connectivity index (χ3v) is 6.61. The van der Waals surface area contributed by atoms with Crippen LogP contribution in [0.4, 0.5) is 11.4 Å². The Hall–Kier alpha value is -5.88. The topological polar surface area (TPSA) is 89.0 Å². The first-order chi connectivity index (χ1) is 21.0. The van der Waals surface area contributed by atoms with Crippen LogP contribution in [0, 0.1) is 0 Å². The molecule has 0 spiro atoms. The van der Waals surface area contributed by atoms with Crippen LogP contribution in [-0.4, -0.2) is 0 Å². The van der Waals surface area contributed by atoms with E-state index in [1.54, 1.807) is 0 Å². The van der Waals surface area contributed by atoms with E-state index >= 15 is 0 Å². The van der Waals surface area contributed by atoms with E-state index in [-0.39, 0.29) is 0 Å². The van der Waals surface area contributed by atoms with E-state index in [1.807, 2.05) is 121 Å². The Morgan fingerprint density at radius 2 is 0.465 bits per heavy atom. The van der Waals surface area contributed by atoms with Crippen molar-refractivity contribution >= 4 is 11.4 Å². The van der Waals surface area contributed by atoms with Crippen molar-refractivity contribution in [1.82, 2.24) is 0 Å². The molecule has 6 aromatic carbocycles. The quantitative estimate of drug-likeness (QED) is 0.161. The third-order valence-electron chi connectivity index (χ3n) is 6.61. The average Bonchev–Trinajstić information content (AvgIpc) is 3.03. The maximum Gasteiger partial charge on any atom is 0.127 e. The van der Waals surface area contributed by atoms with Crippen LogP contribution < -0.4 is 30.4 Å². The van der Waals surface area contributed by atoms with Gasteiger partial charge in [0, 0.05) is 11.4 Å². The van der Waals surface area contributed by atoms with Crippen LogP contribution in [-0.2, 0) is 6.42 Å². The highest BCUT2D eigenvalue weighted by atomic mass is 16.5. The highest BCUT2D eigenvalue weighted by molar-refractivity contribution is 5.45. The molecule has 6 nitrogen and oxygen atoms in total. The van der Waals surface area contributed by atoms with E-state index in [4.69, 9.17) is 30.4 Å². The van der Waals surface area contributed by atoms with Crippen LogP contribution in [0.2, 0.25) is 0 Å². The minimum Gasteiger partial charge on any atom is -0.457 e. The first-order valence-electron chi connectivity index (χ1n) is 13.8. The zero-order valence-corrected chi connectivity index (χ0v) is 23.4. The molecule has 0 aromatic heterocycles. The highest BCUT2D eigenvalue weighted by Gasteiger charge is 2.04. The summed E-state index contributed by atoms with van der Waals surface area (Å²) in [5, 5.41) is 0. The largest absolute Gasteiger partial charge is 0.457 e. The molecular formula is C37H30N2O4. The van der Waals surface area contributed by atoms with Crippen molar-refractivity contribution in [3.8, 4) is 46.0 Å². The molecule has 0 amide bonds. The van der Waals surface area contributed by atoms with Gasteiger partial charge in [-0.2, -0.15) is 0 Å². The van der Waals surface area contributed by atoms with Gasteiger partial charge in [-0.15, -0.1) is 0 Å². The first kappa shape index (κ1) is 27.3. The fraction of sp³-hybridized carbons (Fsp3) is 0.0270. The lowest BCUT2D eigenvalue weighted by atomic mass is 10.0. The van der Waals surface area contributed by atoms with Crippen molar-refractivity contribution in [2.75, 3.05) is 11.5 Å². The van der Waals surface area contributed by atoms with Gasteiger partial charge in [-0.1, -0.05) is 24.3 Å². The zero-order chi connectivity index (χ0) is 29.4. The maximum absolute atomic E-state index is 6.02. The Kier molecular flexibility index (Phi) is 8.09. The summed E-state index contributed by atoms with van der Waals surface area (Å²) in [5.41, 5.74) is 15.2. The lowest BCUT2D eigenvalue weighted by molar-refractivity contribution is 0.469. The molecule has 0 aliphatic carbocycles. The molecule has 6 rings (SSSR count). The summed E-state index contributed by atoms with van der Waals surface area (Å²) in [6.45, 7) is 0. The molecule has 0 aliphatic rings. The lowest BCUT2D eigenvalue weighted by Gasteiger charge is -2.10. The molecule has 6 aromatic rings. The summed E-state index contributed by atoms with van der Waals surface area (Å²) in [5.74, 6) is 5.91. The van der Waals surface area contributed by atoms with Crippen molar-refractivity contribution in [2.45, 2.75) is 6.42 Å². The molecule has 0 bridgehead atoms.